The first-order chi connectivity index (χ1) is 8.71. The number of thiophene rings is 1. The van der Waals surface area contributed by atoms with E-state index in [0.29, 0.717) is 4.99 Å². The molecule has 0 aromatic carbocycles. The maximum absolute atomic E-state index is 5.89. The maximum atomic E-state index is 5.89. The van der Waals surface area contributed by atoms with Crippen LogP contribution in [0.2, 0.25) is 0 Å². The largest absolute Gasteiger partial charge is 0.389 e. The van der Waals surface area contributed by atoms with E-state index in [0.717, 1.165) is 22.6 Å². The third-order valence-electron chi connectivity index (χ3n) is 3.25. The molecule has 1 aliphatic carbocycles. The van der Waals surface area contributed by atoms with E-state index in [-0.39, 0.29) is 5.41 Å². The van der Waals surface area contributed by atoms with Crippen molar-refractivity contribution < 1.29 is 0 Å². The molecule has 1 aliphatic rings. The van der Waals surface area contributed by atoms with E-state index >= 15 is 0 Å². The fraction of sp³-hybridized carbons (Fsp3) is 0.467. The van der Waals surface area contributed by atoms with Crippen molar-refractivity contribution >= 4 is 51.7 Å². The quantitative estimate of drug-likeness (QED) is 0.815. The monoisotopic (exact) mass is 309 g/mol. The highest BCUT2D eigenvalue weighted by Gasteiger charge is 2.33. The Hall–Kier alpha value is -0.580. The van der Waals surface area contributed by atoms with Crippen LogP contribution < -0.4 is 5.73 Å². The molecule has 4 heteroatoms. The molecule has 1 nitrogen and oxygen atoms in total. The van der Waals surface area contributed by atoms with Gasteiger partial charge in [-0.15, -0.1) is 11.3 Å². The predicted octanol–water partition coefficient (Wildman–Crippen LogP) is 4.50. The Bertz CT molecular complexity index is 587. The van der Waals surface area contributed by atoms with Crippen molar-refractivity contribution in [3.05, 3.63) is 26.5 Å². The molecular weight excluding hydrogens is 290 g/mol. The smallest absolute Gasteiger partial charge is 0.114 e. The summed E-state index contributed by atoms with van der Waals surface area (Å²) in [6.07, 6.45) is 4.16. The maximum Gasteiger partial charge on any atom is 0.114 e. The molecule has 0 saturated heterocycles. The van der Waals surface area contributed by atoms with Crippen molar-refractivity contribution in [1.82, 2.24) is 0 Å². The van der Waals surface area contributed by atoms with Crippen molar-refractivity contribution in [1.29, 1.82) is 0 Å². The molecule has 1 heterocycles. The van der Waals surface area contributed by atoms with Crippen molar-refractivity contribution in [2.24, 2.45) is 11.1 Å². The Morgan fingerprint density at radius 3 is 2.47 bits per heavy atom. The molecule has 1 aromatic heterocycles. The van der Waals surface area contributed by atoms with Crippen LogP contribution in [0.25, 0.3) is 6.08 Å². The fourth-order valence-electron chi connectivity index (χ4n) is 2.59. The summed E-state index contributed by atoms with van der Waals surface area (Å²) in [6.45, 7) is 8.71. The lowest BCUT2D eigenvalue weighted by Crippen LogP contribution is -2.27. The molecule has 2 N–H and O–H groups in total. The second-order valence-electron chi connectivity index (χ2n) is 6.18. The highest BCUT2D eigenvalue weighted by Crippen LogP contribution is 2.42. The normalized spacial score (nSPS) is 16.9. The third kappa shape index (κ3) is 2.96. The summed E-state index contributed by atoms with van der Waals surface area (Å²) < 4.78 is 0. The lowest BCUT2D eigenvalue weighted by Gasteiger charge is -2.31. The standard InChI is InChI=1S/C15H19NS3/c1-8(2)5-11-12-9(13(19-11)14(16)18)6-15(3,4)7-10(12)17/h5H,6-7H2,1-4H3,(H2,16,18). The van der Waals surface area contributed by atoms with Crippen LogP contribution in [-0.2, 0) is 6.42 Å². The Kier molecular flexibility index (Phi) is 3.96. The fourth-order valence-corrected chi connectivity index (χ4v) is 4.78. The van der Waals surface area contributed by atoms with E-state index in [1.165, 1.54) is 21.6 Å². The zero-order chi connectivity index (χ0) is 14.4. The first-order valence-corrected chi connectivity index (χ1v) is 7.98. The van der Waals surface area contributed by atoms with Crippen molar-refractivity contribution in [3.63, 3.8) is 0 Å². The molecule has 1 aromatic rings. The van der Waals surface area contributed by atoms with Gasteiger partial charge in [-0.05, 0) is 43.7 Å². The summed E-state index contributed by atoms with van der Waals surface area (Å²) in [5.74, 6) is 0. The minimum absolute atomic E-state index is 0.201. The van der Waals surface area contributed by atoms with E-state index in [4.69, 9.17) is 30.2 Å². The van der Waals surface area contributed by atoms with E-state index in [1.54, 1.807) is 11.3 Å². The molecule has 0 atom stereocenters. The predicted molar refractivity (Wildman–Crippen MR) is 93.3 cm³/mol. The summed E-state index contributed by atoms with van der Waals surface area (Å²) in [5.41, 5.74) is 9.86. The van der Waals surface area contributed by atoms with Gasteiger partial charge in [-0.25, -0.2) is 0 Å². The second kappa shape index (κ2) is 5.08. The molecule has 0 aliphatic heterocycles. The first-order valence-electron chi connectivity index (χ1n) is 6.35. The lowest BCUT2D eigenvalue weighted by atomic mass is 9.74. The zero-order valence-electron chi connectivity index (χ0n) is 11.8. The van der Waals surface area contributed by atoms with E-state index in [2.05, 4.69) is 33.8 Å². The topological polar surface area (TPSA) is 26.0 Å². The Morgan fingerprint density at radius 1 is 1.32 bits per heavy atom. The second-order valence-corrected chi connectivity index (χ2v) is 8.16. The SMILES string of the molecule is CC(C)=Cc1sc(C(N)=S)c2c1C(=S)CC(C)(C)C2. The van der Waals surface area contributed by atoms with Crippen LogP contribution >= 0.6 is 35.8 Å². The minimum Gasteiger partial charge on any atom is -0.389 e. The summed E-state index contributed by atoms with van der Waals surface area (Å²) in [6, 6.07) is 0. The lowest BCUT2D eigenvalue weighted by molar-refractivity contribution is 0.375. The first kappa shape index (κ1) is 14.8. The number of fused-ring (bicyclic) bond motifs is 1. The molecular formula is C15H19NS3. The van der Waals surface area contributed by atoms with Gasteiger partial charge in [-0.1, -0.05) is 43.9 Å². The minimum atomic E-state index is 0.201. The molecule has 0 radical (unpaired) electrons. The average molecular weight is 310 g/mol. The number of hydrogen-bond donors (Lipinski definition) is 1. The van der Waals surface area contributed by atoms with Gasteiger partial charge >= 0.3 is 0 Å². The number of hydrogen-bond acceptors (Lipinski definition) is 3. The molecule has 0 amide bonds. The van der Waals surface area contributed by atoms with E-state index in [1.807, 2.05) is 0 Å². The summed E-state index contributed by atoms with van der Waals surface area (Å²) >= 11 is 12.5. The molecule has 0 fully saturated rings. The van der Waals surface area contributed by atoms with Crippen LogP contribution in [0.3, 0.4) is 0 Å². The van der Waals surface area contributed by atoms with E-state index < -0.39 is 0 Å². The molecule has 0 saturated carbocycles. The summed E-state index contributed by atoms with van der Waals surface area (Å²) in [4.78, 5) is 3.82. The number of allylic oxidation sites excluding steroid dienone is 1. The van der Waals surface area contributed by atoms with Crippen molar-refractivity contribution in [2.45, 2.75) is 40.5 Å². The van der Waals surface area contributed by atoms with Gasteiger partial charge in [0.15, 0.2) is 0 Å². The zero-order valence-corrected chi connectivity index (χ0v) is 14.2. The highest BCUT2D eigenvalue weighted by molar-refractivity contribution is 7.81. The number of rotatable bonds is 2. The van der Waals surface area contributed by atoms with Gasteiger partial charge in [0.25, 0.3) is 0 Å². The molecule has 0 spiro atoms. The van der Waals surface area contributed by atoms with Crippen LogP contribution in [-0.4, -0.2) is 9.85 Å². The highest BCUT2D eigenvalue weighted by atomic mass is 32.1. The van der Waals surface area contributed by atoms with Gasteiger partial charge in [0.05, 0.1) is 4.88 Å². The molecule has 0 unspecified atom stereocenters. The van der Waals surface area contributed by atoms with Crippen molar-refractivity contribution in [3.8, 4) is 0 Å². The van der Waals surface area contributed by atoms with Crippen LogP contribution in [0.1, 0.15) is 55.0 Å². The van der Waals surface area contributed by atoms with Crippen molar-refractivity contribution in [2.75, 3.05) is 0 Å². The number of nitrogens with two attached hydrogens (primary N) is 1. The summed E-state index contributed by atoms with van der Waals surface area (Å²) in [7, 11) is 0. The van der Waals surface area contributed by atoms with Crippen LogP contribution in [0.5, 0.6) is 0 Å². The van der Waals surface area contributed by atoms with Crippen LogP contribution in [0.4, 0.5) is 0 Å². The van der Waals surface area contributed by atoms with Crippen LogP contribution in [0.15, 0.2) is 5.57 Å². The summed E-state index contributed by atoms with van der Waals surface area (Å²) in [5, 5.41) is 0. The third-order valence-corrected chi connectivity index (χ3v) is 5.15. The molecule has 0 bridgehead atoms. The van der Waals surface area contributed by atoms with E-state index in [9.17, 15) is 0 Å². The van der Waals surface area contributed by atoms with Gasteiger partial charge < -0.3 is 5.73 Å². The van der Waals surface area contributed by atoms with Gasteiger partial charge in [-0.3, -0.25) is 0 Å². The van der Waals surface area contributed by atoms with Gasteiger partial charge in [0, 0.05) is 15.3 Å². The Morgan fingerprint density at radius 2 is 1.95 bits per heavy atom. The average Bonchev–Trinajstić information content (AvgIpc) is 2.53. The Balaban J connectivity index is 2.68. The number of thiocarbonyl (C=S) groups is 2. The molecule has 19 heavy (non-hydrogen) atoms. The Labute approximate surface area is 129 Å². The molecule has 102 valence electrons. The van der Waals surface area contributed by atoms with Gasteiger partial charge in [0.2, 0.25) is 0 Å². The molecule has 2 rings (SSSR count). The van der Waals surface area contributed by atoms with Crippen LogP contribution in [0, 0.1) is 5.41 Å². The van der Waals surface area contributed by atoms with Gasteiger partial charge in [0.1, 0.15) is 4.99 Å². The van der Waals surface area contributed by atoms with Gasteiger partial charge in [-0.2, -0.15) is 0 Å².